The van der Waals surface area contributed by atoms with Crippen molar-refractivity contribution >= 4 is 0 Å². The molecule has 1 N–H and O–H groups in total. The molecule has 0 atom stereocenters. The van der Waals surface area contributed by atoms with E-state index in [0.29, 0.717) is 5.88 Å². The third kappa shape index (κ3) is 3.12. The van der Waals surface area contributed by atoms with Crippen molar-refractivity contribution in [3.8, 4) is 11.6 Å². The van der Waals surface area contributed by atoms with E-state index in [1.807, 2.05) is 32.9 Å². The van der Waals surface area contributed by atoms with Gasteiger partial charge < -0.3 is 9.84 Å². The number of nitrogens with zero attached hydrogens (tertiary/aromatic N) is 1. The summed E-state index contributed by atoms with van der Waals surface area (Å²) in [5, 5.41) is 9.21. The number of ether oxygens (including phenoxy) is 1. The average molecular weight is 257 g/mol. The molecule has 19 heavy (non-hydrogen) atoms. The van der Waals surface area contributed by atoms with Crippen molar-refractivity contribution in [2.75, 3.05) is 0 Å². The number of rotatable bonds is 3. The topological polar surface area (TPSA) is 42.4 Å². The monoisotopic (exact) mass is 257 g/mol. The minimum Gasteiger partial charge on any atom is -0.439 e. The van der Waals surface area contributed by atoms with Crippen molar-refractivity contribution in [2.24, 2.45) is 0 Å². The van der Waals surface area contributed by atoms with Crippen LogP contribution in [0.2, 0.25) is 0 Å². The molecule has 2 aromatic rings. The van der Waals surface area contributed by atoms with Crippen molar-refractivity contribution in [3.05, 3.63) is 52.2 Å². The Morgan fingerprint density at radius 3 is 2.47 bits per heavy atom. The maximum atomic E-state index is 9.21. The summed E-state index contributed by atoms with van der Waals surface area (Å²) in [6, 6.07) is 7.75. The molecular weight excluding hydrogens is 238 g/mol. The summed E-state index contributed by atoms with van der Waals surface area (Å²) in [5.74, 6) is 1.34. The quantitative estimate of drug-likeness (QED) is 0.913. The van der Waals surface area contributed by atoms with E-state index in [1.54, 1.807) is 6.07 Å². The minimum atomic E-state index is -0.00839. The zero-order valence-electron chi connectivity index (χ0n) is 11.8. The van der Waals surface area contributed by atoms with Crippen LogP contribution in [0.4, 0.5) is 0 Å². The molecule has 0 aliphatic heterocycles. The van der Waals surface area contributed by atoms with Crippen LogP contribution < -0.4 is 4.74 Å². The van der Waals surface area contributed by atoms with Crippen LogP contribution in [0.15, 0.2) is 24.3 Å². The predicted octanol–water partition coefficient (Wildman–Crippen LogP) is 3.60. The normalized spacial score (nSPS) is 10.6. The average Bonchev–Trinajstić information content (AvgIpc) is 2.34. The summed E-state index contributed by atoms with van der Waals surface area (Å²) in [5.41, 5.74) is 5.12. The van der Waals surface area contributed by atoms with E-state index < -0.39 is 0 Å². The van der Waals surface area contributed by atoms with E-state index in [9.17, 15) is 5.11 Å². The zero-order chi connectivity index (χ0) is 14.0. The summed E-state index contributed by atoms with van der Waals surface area (Å²) in [6.45, 7) is 8.03. The molecule has 100 valence electrons. The fourth-order valence-corrected chi connectivity index (χ4v) is 2.07. The number of pyridine rings is 1. The second-order valence-electron chi connectivity index (χ2n) is 4.92. The number of aliphatic hydroxyl groups excluding tert-OH is 1. The van der Waals surface area contributed by atoms with Gasteiger partial charge in [-0.05, 0) is 62.1 Å². The molecule has 2 rings (SSSR count). The van der Waals surface area contributed by atoms with Crippen molar-refractivity contribution in [1.29, 1.82) is 0 Å². The molecular formula is C16H19NO2. The molecule has 1 heterocycles. The molecule has 0 amide bonds. The molecule has 0 radical (unpaired) electrons. The Kier molecular flexibility index (Phi) is 3.86. The lowest BCUT2D eigenvalue weighted by Gasteiger charge is -2.12. The lowest BCUT2D eigenvalue weighted by Crippen LogP contribution is -1.96. The van der Waals surface area contributed by atoms with Crippen LogP contribution in [0.3, 0.4) is 0 Å². The van der Waals surface area contributed by atoms with Gasteiger partial charge in [0.15, 0.2) is 0 Å². The van der Waals surface area contributed by atoms with Gasteiger partial charge >= 0.3 is 0 Å². The summed E-state index contributed by atoms with van der Waals surface area (Å²) in [6.07, 6.45) is 0. The summed E-state index contributed by atoms with van der Waals surface area (Å²) in [4.78, 5) is 4.34. The summed E-state index contributed by atoms with van der Waals surface area (Å²) < 4.78 is 5.87. The van der Waals surface area contributed by atoms with Crippen molar-refractivity contribution < 1.29 is 9.84 Å². The van der Waals surface area contributed by atoms with E-state index in [2.05, 4.69) is 18.0 Å². The Labute approximate surface area is 113 Å². The van der Waals surface area contributed by atoms with Gasteiger partial charge in [-0.15, -0.1) is 0 Å². The Morgan fingerprint density at radius 2 is 1.79 bits per heavy atom. The lowest BCUT2D eigenvalue weighted by molar-refractivity contribution is 0.281. The summed E-state index contributed by atoms with van der Waals surface area (Å²) >= 11 is 0. The van der Waals surface area contributed by atoms with Crippen LogP contribution in [0.25, 0.3) is 0 Å². The SMILES string of the molecule is Cc1cc(C)c(C)c(Oc2cc(CO)cc(C)n2)c1. The van der Waals surface area contributed by atoms with E-state index in [0.717, 1.165) is 28.1 Å². The lowest BCUT2D eigenvalue weighted by atomic mass is 10.1. The van der Waals surface area contributed by atoms with Gasteiger partial charge in [0, 0.05) is 11.8 Å². The van der Waals surface area contributed by atoms with Crippen molar-refractivity contribution in [1.82, 2.24) is 4.98 Å². The van der Waals surface area contributed by atoms with Gasteiger partial charge in [-0.1, -0.05) is 6.07 Å². The highest BCUT2D eigenvalue weighted by Gasteiger charge is 2.07. The van der Waals surface area contributed by atoms with Gasteiger partial charge in [0.1, 0.15) is 5.75 Å². The highest BCUT2D eigenvalue weighted by atomic mass is 16.5. The van der Waals surface area contributed by atoms with Gasteiger partial charge in [0.2, 0.25) is 5.88 Å². The molecule has 0 aliphatic carbocycles. The molecule has 0 spiro atoms. The molecule has 0 bridgehead atoms. The first kappa shape index (κ1) is 13.6. The molecule has 0 unspecified atom stereocenters. The van der Waals surface area contributed by atoms with E-state index in [1.165, 1.54) is 5.56 Å². The van der Waals surface area contributed by atoms with E-state index >= 15 is 0 Å². The van der Waals surface area contributed by atoms with Crippen LogP contribution in [0.5, 0.6) is 11.6 Å². The fraction of sp³-hybridized carbons (Fsp3) is 0.312. The molecule has 3 nitrogen and oxygen atoms in total. The van der Waals surface area contributed by atoms with Crippen LogP contribution in [0.1, 0.15) is 27.9 Å². The summed E-state index contributed by atoms with van der Waals surface area (Å²) in [7, 11) is 0. The van der Waals surface area contributed by atoms with Gasteiger partial charge in [0.25, 0.3) is 0 Å². The third-order valence-electron chi connectivity index (χ3n) is 3.15. The maximum absolute atomic E-state index is 9.21. The number of hydrogen-bond acceptors (Lipinski definition) is 3. The van der Waals surface area contributed by atoms with E-state index in [4.69, 9.17) is 4.74 Å². The van der Waals surface area contributed by atoms with Crippen molar-refractivity contribution in [2.45, 2.75) is 34.3 Å². The fourth-order valence-electron chi connectivity index (χ4n) is 2.07. The highest BCUT2D eigenvalue weighted by molar-refractivity contribution is 5.43. The first-order valence-corrected chi connectivity index (χ1v) is 6.33. The largest absolute Gasteiger partial charge is 0.439 e. The van der Waals surface area contributed by atoms with Crippen LogP contribution >= 0.6 is 0 Å². The van der Waals surface area contributed by atoms with Crippen LogP contribution in [-0.2, 0) is 6.61 Å². The van der Waals surface area contributed by atoms with Gasteiger partial charge in [0.05, 0.1) is 6.61 Å². The number of aromatic nitrogens is 1. The van der Waals surface area contributed by atoms with Gasteiger partial charge in [-0.3, -0.25) is 0 Å². The minimum absolute atomic E-state index is 0.00839. The molecule has 0 fully saturated rings. The number of benzene rings is 1. The molecule has 0 aliphatic rings. The maximum Gasteiger partial charge on any atom is 0.219 e. The predicted molar refractivity (Wildman–Crippen MR) is 75.6 cm³/mol. The molecule has 1 aromatic carbocycles. The second kappa shape index (κ2) is 5.41. The molecule has 0 saturated heterocycles. The number of hydrogen-bond donors (Lipinski definition) is 1. The Bertz CT molecular complexity index is 606. The van der Waals surface area contributed by atoms with Crippen molar-refractivity contribution in [3.63, 3.8) is 0 Å². The van der Waals surface area contributed by atoms with E-state index in [-0.39, 0.29) is 6.61 Å². The number of aryl methyl sites for hydroxylation is 3. The smallest absolute Gasteiger partial charge is 0.219 e. The molecule has 1 aromatic heterocycles. The standard InChI is InChI=1S/C16H19NO2/c1-10-5-11(2)13(4)15(6-10)19-16-8-14(9-18)7-12(3)17-16/h5-8,18H,9H2,1-4H3. The first-order chi connectivity index (χ1) is 8.99. The zero-order valence-corrected chi connectivity index (χ0v) is 11.8. The second-order valence-corrected chi connectivity index (χ2v) is 4.92. The van der Waals surface area contributed by atoms with Gasteiger partial charge in [-0.25, -0.2) is 4.98 Å². The molecule has 0 saturated carbocycles. The van der Waals surface area contributed by atoms with Gasteiger partial charge in [-0.2, -0.15) is 0 Å². The Balaban J connectivity index is 2.38. The van der Waals surface area contributed by atoms with Crippen LogP contribution in [-0.4, -0.2) is 10.1 Å². The number of aliphatic hydroxyl groups is 1. The Morgan fingerprint density at radius 1 is 1.05 bits per heavy atom. The molecule has 3 heteroatoms. The first-order valence-electron chi connectivity index (χ1n) is 6.33. The third-order valence-corrected chi connectivity index (χ3v) is 3.15. The highest BCUT2D eigenvalue weighted by Crippen LogP contribution is 2.28. The van der Waals surface area contributed by atoms with Crippen LogP contribution in [0, 0.1) is 27.7 Å². The Hall–Kier alpha value is -1.87.